The molecule has 1 aromatic rings. The van der Waals surface area contributed by atoms with Crippen molar-refractivity contribution in [2.24, 2.45) is 5.92 Å². The maximum Gasteiger partial charge on any atom is 0.223 e. The summed E-state index contributed by atoms with van der Waals surface area (Å²) < 4.78 is 5.41. The minimum atomic E-state index is 0.126. The van der Waals surface area contributed by atoms with E-state index in [-0.39, 0.29) is 11.8 Å². The molecular weight excluding hydrogens is 264 g/mol. The molecule has 0 radical (unpaired) electrons. The number of carbonyl (C=O) groups excluding carboxylic acids is 1. The standard InChI is InChI=1S/C17H26N2O2/c1-3-14(4-2)17(20)18-13-15-7-5-6-8-16(15)19-9-11-21-12-10-19/h5-8,14H,3-4,9-13H2,1-2H3,(H,18,20). The molecule has 0 spiro atoms. The van der Waals surface area contributed by atoms with Gasteiger partial charge in [0.1, 0.15) is 0 Å². The molecular formula is C17H26N2O2. The van der Waals surface area contributed by atoms with Gasteiger partial charge in [0.25, 0.3) is 0 Å². The minimum absolute atomic E-state index is 0.126. The number of hydrogen-bond donors (Lipinski definition) is 1. The number of nitrogens with zero attached hydrogens (tertiary/aromatic N) is 1. The number of ether oxygens (including phenoxy) is 1. The van der Waals surface area contributed by atoms with Gasteiger partial charge in [-0.15, -0.1) is 0 Å². The van der Waals surface area contributed by atoms with E-state index in [0.717, 1.165) is 39.1 Å². The van der Waals surface area contributed by atoms with E-state index in [0.29, 0.717) is 6.54 Å². The summed E-state index contributed by atoms with van der Waals surface area (Å²) in [6, 6.07) is 8.31. The second-order valence-electron chi connectivity index (χ2n) is 5.46. The topological polar surface area (TPSA) is 41.6 Å². The molecule has 1 amide bonds. The Labute approximate surface area is 127 Å². The lowest BCUT2D eigenvalue weighted by Gasteiger charge is -2.30. The van der Waals surface area contributed by atoms with Crippen molar-refractivity contribution in [2.45, 2.75) is 33.2 Å². The smallest absolute Gasteiger partial charge is 0.223 e. The van der Waals surface area contributed by atoms with E-state index in [2.05, 4.69) is 42.3 Å². The van der Waals surface area contributed by atoms with E-state index < -0.39 is 0 Å². The Balaban J connectivity index is 2.01. The van der Waals surface area contributed by atoms with E-state index in [1.165, 1.54) is 11.3 Å². The summed E-state index contributed by atoms with van der Waals surface area (Å²) in [5.41, 5.74) is 2.39. The van der Waals surface area contributed by atoms with Crippen LogP contribution >= 0.6 is 0 Å². The van der Waals surface area contributed by atoms with Crippen molar-refractivity contribution < 1.29 is 9.53 Å². The van der Waals surface area contributed by atoms with E-state index >= 15 is 0 Å². The Bertz CT molecular complexity index is 452. The van der Waals surface area contributed by atoms with Crippen molar-refractivity contribution in [1.29, 1.82) is 0 Å². The number of rotatable bonds is 6. The van der Waals surface area contributed by atoms with Crippen LogP contribution in [0.2, 0.25) is 0 Å². The van der Waals surface area contributed by atoms with Gasteiger partial charge < -0.3 is 15.0 Å². The van der Waals surface area contributed by atoms with Crippen molar-refractivity contribution in [3.05, 3.63) is 29.8 Å². The first-order valence-electron chi connectivity index (χ1n) is 7.94. The Morgan fingerprint density at radius 2 is 1.90 bits per heavy atom. The van der Waals surface area contributed by atoms with Crippen LogP contribution < -0.4 is 10.2 Å². The third-order valence-electron chi connectivity index (χ3n) is 4.15. The highest BCUT2D eigenvalue weighted by Gasteiger charge is 2.17. The molecule has 4 heteroatoms. The molecule has 1 aliphatic heterocycles. The van der Waals surface area contributed by atoms with Crippen LogP contribution in [0.15, 0.2) is 24.3 Å². The number of para-hydroxylation sites is 1. The Kier molecular flexibility index (Phi) is 6.05. The summed E-state index contributed by atoms with van der Waals surface area (Å²) in [4.78, 5) is 14.5. The zero-order valence-corrected chi connectivity index (χ0v) is 13.1. The van der Waals surface area contributed by atoms with E-state index in [9.17, 15) is 4.79 Å². The number of morpholine rings is 1. The van der Waals surface area contributed by atoms with E-state index in [1.807, 2.05) is 6.07 Å². The van der Waals surface area contributed by atoms with Crippen LogP contribution in [-0.4, -0.2) is 32.2 Å². The minimum Gasteiger partial charge on any atom is -0.378 e. The second kappa shape index (κ2) is 8.03. The maximum absolute atomic E-state index is 12.1. The van der Waals surface area contributed by atoms with Crippen molar-refractivity contribution in [3.63, 3.8) is 0 Å². The molecule has 1 aromatic carbocycles. The number of hydrogen-bond acceptors (Lipinski definition) is 3. The van der Waals surface area contributed by atoms with Gasteiger partial charge in [-0.1, -0.05) is 32.0 Å². The molecule has 0 bridgehead atoms. The van der Waals surface area contributed by atoms with Gasteiger partial charge in [-0.05, 0) is 24.5 Å². The van der Waals surface area contributed by atoms with Gasteiger partial charge in [-0.3, -0.25) is 4.79 Å². The van der Waals surface area contributed by atoms with Crippen LogP contribution in [0.1, 0.15) is 32.3 Å². The largest absolute Gasteiger partial charge is 0.378 e. The van der Waals surface area contributed by atoms with Gasteiger partial charge in [-0.25, -0.2) is 0 Å². The molecule has 0 saturated carbocycles. The Morgan fingerprint density at radius 3 is 2.57 bits per heavy atom. The van der Waals surface area contributed by atoms with Gasteiger partial charge in [0.2, 0.25) is 5.91 Å². The van der Waals surface area contributed by atoms with Crippen molar-refractivity contribution in [3.8, 4) is 0 Å². The molecule has 1 fully saturated rings. The molecule has 4 nitrogen and oxygen atoms in total. The third-order valence-corrected chi connectivity index (χ3v) is 4.15. The molecule has 0 atom stereocenters. The molecule has 1 saturated heterocycles. The lowest BCUT2D eigenvalue weighted by Crippen LogP contribution is -2.37. The quantitative estimate of drug-likeness (QED) is 0.875. The monoisotopic (exact) mass is 290 g/mol. The summed E-state index contributed by atoms with van der Waals surface area (Å²) in [5.74, 6) is 0.289. The molecule has 0 aromatic heterocycles. The predicted octanol–water partition coefficient (Wildman–Crippen LogP) is 2.58. The van der Waals surface area contributed by atoms with Crippen molar-refractivity contribution in [1.82, 2.24) is 5.32 Å². The van der Waals surface area contributed by atoms with Gasteiger partial charge in [-0.2, -0.15) is 0 Å². The molecule has 1 N–H and O–H groups in total. The van der Waals surface area contributed by atoms with E-state index in [1.54, 1.807) is 0 Å². The first-order chi connectivity index (χ1) is 10.3. The molecule has 21 heavy (non-hydrogen) atoms. The van der Waals surface area contributed by atoms with Crippen LogP contribution in [-0.2, 0) is 16.1 Å². The normalized spacial score (nSPS) is 15.3. The predicted molar refractivity (Wildman–Crippen MR) is 85.4 cm³/mol. The fraction of sp³-hybridized carbons (Fsp3) is 0.588. The van der Waals surface area contributed by atoms with Gasteiger partial charge in [0.05, 0.1) is 13.2 Å². The molecule has 0 aliphatic carbocycles. The molecule has 0 unspecified atom stereocenters. The first kappa shape index (κ1) is 15.8. The second-order valence-corrected chi connectivity index (χ2v) is 5.46. The maximum atomic E-state index is 12.1. The molecule has 116 valence electrons. The third kappa shape index (κ3) is 4.21. The molecule has 1 heterocycles. The lowest BCUT2D eigenvalue weighted by atomic mass is 10.0. The zero-order valence-electron chi connectivity index (χ0n) is 13.1. The van der Waals surface area contributed by atoms with Crippen LogP contribution in [0.4, 0.5) is 5.69 Å². The highest BCUT2D eigenvalue weighted by molar-refractivity contribution is 5.78. The number of amides is 1. The average molecular weight is 290 g/mol. The number of benzene rings is 1. The first-order valence-corrected chi connectivity index (χ1v) is 7.94. The summed E-state index contributed by atoms with van der Waals surface area (Å²) in [5, 5.41) is 3.08. The molecule has 2 rings (SSSR count). The van der Waals surface area contributed by atoms with Crippen molar-refractivity contribution >= 4 is 11.6 Å². The lowest BCUT2D eigenvalue weighted by molar-refractivity contribution is -0.125. The van der Waals surface area contributed by atoms with Crippen LogP contribution in [0.3, 0.4) is 0 Å². The van der Waals surface area contributed by atoms with Gasteiger partial charge >= 0.3 is 0 Å². The summed E-state index contributed by atoms with van der Waals surface area (Å²) in [7, 11) is 0. The number of carbonyl (C=O) groups is 1. The number of anilines is 1. The van der Waals surface area contributed by atoms with Crippen molar-refractivity contribution in [2.75, 3.05) is 31.2 Å². The van der Waals surface area contributed by atoms with Gasteiger partial charge in [0.15, 0.2) is 0 Å². The van der Waals surface area contributed by atoms with Crippen LogP contribution in [0.5, 0.6) is 0 Å². The summed E-state index contributed by atoms with van der Waals surface area (Å²) >= 11 is 0. The summed E-state index contributed by atoms with van der Waals surface area (Å²) in [6.07, 6.45) is 1.79. The average Bonchev–Trinajstić information content (AvgIpc) is 2.55. The SMILES string of the molecule is CCC(CC)C(=O)NCc1ccccc1N1CCOCC1. The highest BCUT2D eigenvalue weighted by Crippen LogP contribution is 2.21. The summed E-state index contributed by atoms with van der Waals surface area (Å²) in [6.45, 7) is 8.10. The van der Waals surface area contributed by atoms with Crippen LogP contribution in [0.25, 0.3) is 0 Å². The Hall–Kier alpha value is -1.55. The Morgan fingerprint density at radius 1 is 1.24 bits per heavy atom. The fourth-order valence-electron chi connectivity index (χ4n) is 2.76. The number of nitrogens with one attached hydrogen (secondary N) is 1. The molecule has 1 aliphatic rings. The van der Waals surface area contributed by atoms with Gasteiger partial charge in [0, 0.05) is 31.2 Å². The van der Waals surface area contributed by atoms with E-state index in [4.69, 9.17) is 4.74 Å². The fourth-order valence-corrected chi connectivity index (χ4v) is 2.76. The van der Waals surface area contributed by atoms with Crippen LogP contribution in [0, 0.1) is 5.92 Å². The zero-order chi connectivity index (χ0) is 15.1. The highest BCUT2D eigenvalue weighted by atomic mass is 16.5.